The molecule has 1 aromatic rings. The number of rotatable bonds is 6. The van der Waals surface area contributed by atoms with Gasteiger partial charge in [0.25, 0.3) is 0 Å². The summed E-state index contributed by atoms with van der Waals surface area (Å²) in [4.78, 5) is 18.3. The van der Waals surface area contributed by atoms with Gasteiger partial charge in [0.05, 0.1) is 0 Å². The summed E-state index contributed by atoms with van der Waals surface area (Å²) in [5.74, 6) is 0.313. The number of nitrogens with zero attached hydrogens (tertiary/aromatic N) is 2. The fourth-order valence-electron chi connectivity index (χ4n) is 2.93. The Morgan fingerprint density at radius 1 is 1.52 bits per heavy atom. The molecule has 2 fully saturated rings. The Morgan fingerprint density at radius 2 is 2.29 bits per heavy atom. The van der Waals surface area contributed by atoms with E-state index in [2.05, 4.69) is 53.5 Å². The van der Waals surface area contributed by atoms with Crippen molar-refractivity contribution in [1.29, 1.82) is 0 Å². The van der Waals surface area contributed by atoms with Crippen LogP contribution < -0.4 is 5.32 Å². The van der Waals surface area contributed by atoms with Crippen LogP contribution >= 0.6 is 11.3 Å². The molecule has 1 amide bonds. The minimum Gasteiger partial charge on any atom is -0.320 e. The average molecular weight is 307 g/mol. The molecule has 1 spiro atoms. The van der Waals surface area contributed by atoms with E-state index in [4.69, 9.17) is 0 Å². The third-order valence-electron chi connectivity index (χ3n) is 4.75. The van der Waals surface area contributed by atoms with Gasteiger partial charge in [-0.2, -0.15) is 0 Å². The number of thiophene rings is 1. The summed E-state index contributed by atoms with van der Waals surface area (Å²) in [6.07, 6.45) is 3.11. The summed E-state index contributed by atoms with van der Waals surface area (Å²) >= 11 is 1.73. The maximum absolute atomic E-state index is 12.7. The monoisotopic (exact) mass is 307 g/mol. The zero-order chi connectivity index (χ0) is 15.0. The minimum absolute atomic E-state index is 0.0874. The summed E-state index contributed by atoms with van der Waals surface area (Å²) in [6.45, 7) is 6.28. The lowest BCUT2D eigenvalue weighted by molar-refractivity contribution is -0.130. The first-order chi connectivity index (χ1) is 10.0. The van der Waals surface area contributed by atoms with Crippen LogP contribution in [0, 0.1) is 0 Å². The molecule has 1 saturated heterocycles. The Labute approximate surface area is 131 Å². The van der Waals surface area contributed by atoms with Gasteiger partial charge in [0.15, 0.2) is 0 Å². The van der Waals surface area contributed by atoms with Crippen LogP contribution in [0.3, 0.4) is 0 Å². The van der Waals surface area contributed by atoms with Gasteiger partial charge in [0.2, 0.25) is 5.91 Å². The summed E-state index contributed by atoms with van der Waals surface area (Å²) in [6, 6.07) is 4.75. The predicted octanol–water partition coefficient (Wildman–Crippen LogP) is 2.44. The lowest BCUT2D eigenvalue weighted by Crippen LogP contribution is -2.35. The topological polar surface area (TPSA) is 35.6 Å². The van der Waals surface area contributed by atoms with Crippen LogP contribution in [0.25, 0.3) is 0 Å². The molecule has 1 N–H and O–H groups in total. The van der Waals surface area contributed by atoms with Gasteiger partial charge >= 0.3 is 0 Å². The van der Waals surface area contributed by atoms with E-state index in [9.17, 15) is 4.79 Å². The Bertz CT molecular complexity index is 496. The number of nitrogens with one attached hydrogen (secondary N) is 1. The highest BCUT2D eigenvalue weighted by Crippen LogP contribution is 2.46. The Kier molecular flexibility index (Phi) is 4.08. The number of hydrogen-bond acceptors (Lipinski definition) is 4. The highest BCUT2D eigenvalue weighted by atomic mass is 32.1. The van der Waals surface area contributed by atoms with Crippen LogP contribution in [0.5, 0.6) is 0 Å². The molecule has 1 unspecified atom stereocenters. The van der Waals surface area contributed by atoms with Crippen LogP contribution in [-0.4, -0.2) is 47.4 Å². The molecule has 0 radical (unpaired) electrons. The fourth-order valence-corrected chi connectivity index (χ4v) is 3.71. The molecule has 21 heavy (non-hydrogen) atoms. The molecule has 4 nitrogen and oxygen atoms in total. The molecule has 1 aromatic heterocycles. The Morgan fingerprint density at radius 3 is 2.86 bits per heavy atom. The molecule has 116 valence electrons. The molecule has 3 rings (SSSR count). The first-order valence-electron chi connectivity index (χ1n) is 7.86. The van der Waals surface area contributed by atoms with E-state index in [1.807, 2.05) is 0 Å². The van der Waals surface area contributed by atoms with Crippen molar-refractivity contribution >= 4 is 17.2 Å². The van der Waals surface area contributed by atoms with Crippen molar-refractivity contribution < 1.29 is 4.79 Å². The smallest absolute Gasteiger partial charge is 0.244 e. The van der Waals surface area contributed by atoms with Crippen molar-refractivity contribution in [3.63, 3.8) is 0 Å². The standard InChI is InChI=1S/C16H25N3OS/c1-12(2)18(3)9-5-10-19-14(13-6-4-11-21-13)17-16(7-8-16)15(19)20/h4,6,11-12,14,17H,5,7-10H2,1-3H3. The fraction of sp³-hybridized carbons (Fsp3) is 0.688. The van der Waals surface area contributed by atoms with Crippen LogP contribution in [0.15, 0.2) is 17.5 Å². The molecule has 1 aliphatic heterocycles. The number of carbonyl (C=O) groups is 1. The Hall–Kier alpha value is -0.910. The second-order valence-electron chi connectivity index (χ2n) is 6.57. The largest absolute Gasteiger partial charge is 0.320 e. The first kappa shape index (κ1) is 15.0. The molecule has 5 heteroatoms. The molecular weight excluding hydrogens is 282 g/mol. The molecule has 0 bridgehead atoms. The van der Waals surface area contributed by atoms with E-state index in [0.717, 1.165) is 32.4 Å². The lowest BCUT2D eigenvalue weighted by Gasteiger charge is -2.26. The predicted molar refractivity (Wildman–Crippen MR) is 86.3 cm³/mol. The van der Waals surface area contributed by atoms with Gasteiger partial charge < -0.3 is 9.80 Å². The van der Waals surface area contributed by atoms with Gasteiger partial charge in [0, 0.05) is 17.5 Å². The highest BCUT2D eigenvalue weighted by molar-refractivity contribution is 7.10. The minimum atomic E-state index is -0.224. The zero-order valence-corrected chi connectivity index (χ0v) is 13.9. The van der Waals surface area contributed by atoms with Gasteiger partial charge in [-0.1, -0.05) is 6.07 Å². The SMILES string of the molecule is CC(C)N(C)CCCN1C(=O)C2(CC2)NC1c1cccs1. The third kappa shape index (κ3) is 2.87. The molecular formula is C16H25N3OS. The van der Waals surface area contributed by atoms with Crippen molar-refractivity contribution in [3.05, 3.63) is 22.4 Å². The van der Waals surface area contributed by atoms with E-state index in [0.29, 0.717) is 11.9 Å². The van der Waals surface area contributed by atoms with Crippen molar-refractivity contribution in [1.82, 2.24) is 15.1 Å². The zero-order valence-electron chi connectivity index (χ0n) is 13.1. The number of amides is 1. The number of carbonyl (C=O) groups excluding carboxylic acids is 1. The normalized spacial score (nSPS) is 23.8. The molecule has 1 saturated carbocycles. The quantitative estimate of drug-likeness (QED) is 0.877. The summed E-state index contributed by atoms with van der Waals surface area (Å²) < 4.78 is 0. The van der Waals surface area contributed by atoms with Crippen molar-refractivity contribution in [2.75, 3.05) is 20.1 Å². The van der Waals surface area contributed by atoms with Gasteiger partial charge in [-0.15, -0.1) is 11.3 Å². The van der Waals surface area contributed by atoms with Crippen LogP contribution in [-0.2, 0) is 4.79 Å². The third-order valence-corrected chi connectivity index (χ3v) is 5.67. The first-order valence-corrected chi connectivity index (χ1v) is 8.74. The lowest BCUT2D eigenvalue weighted by atomic mass is 10.2. The van der Waals surface area contributed by atoms with Crippen LogP contribution in [0.2, 0.25) is 0 Å². The summed E-state index contributed by atoms with van der Waals surface area (Å²) in [5, 5.41) is 5.67. The van der Waals surface area contributed by atoms with E-state index >= 15 is 0 Å². The van der Waals surface area contributed by atoms with Crippen LogP contribution in [0.1, 0.15) is 44.2 Å². The van der Waals surface area contributed by atoms with Crippen molar-refractivity contribution in [3.8, 4) is 0 Å². The number of hydrogen-bond donors (Lipinski definition) is 1. The Balaban J connectivity index is 1.65. The maximum Gasteiger partial charge on any atom is 0.244 e. The van der Waals surface area contributed by atoms with Crippen LogP contribution in [0.4, 0.5) is 0 Å². The second kappa shape index (κ2) is 5.71. The van der Waals surface area contributed by atoms with Crippen molar-refractivity contribution in [2.45, 2.75) is 50.9 Å². The van der Waals surface area contributed by atoms with E-state index in [-0.39, 0.29) is 11.7 Å². The van der Waals surface area contributed by atoms with Gasteiger partial charge in [-0.25, -0.2) is 0 Å². The maximum atomic E-state index is 12.7. The second-order valence-corrected chi connectivity index (χ2v) is 7.55. The molecule has 2 heterocycles. The molecule has 1 aliphatic carbocycles. The van der Waals surface area contributed by atoms with E-state index < -0.39 is 0 Å². The van der Waals surface area contributed by atoms with Gasteiger partial charge in [-0.05, 0) is 58.1 Å². The highest BCUT2D eigenvalue weighted by Gasteiger charge is 2.59. The van der Waals surface area contributed by atoms with Gasteiger partial charge in [-0.3, -0.25) is 10.1 Å². The summed E-state index contributed by atoms with van der Waals surface area (Å²) in [5.41, 5.74) is -0.224. The molecule has 0 aromatic carbocycles. The average Bonchev–Trinajstić information content (AvgIpc) is 2.93. The molecule has 1 atom stereocenters. The van der Waals surface area contributed by atoms with E-state index in [1.165, 1.54) is 4.88 Å². The van der Waals surface area contributed by atoms with E-state index in [1.54, 1.807) is 11.3 Å². The van der Waals surface area contributed by atoms with Crippen molar-refractivity contribution in [2.24, 2.45) is 0 Å². The molecule has 2 aliphatic rings. The summed E-state index contributed by atoms with van der Waals surface area (Å²) in [7, 11) is 2.15. The van der Waals surface area contributed by atoms with Gasteiger partial charge in [0.1, 0.15) is 11.7 Å².